The molecule has 2 aromatic heterocycles. The second kappa shape index (κ2) is 9.24. The molecule has 3 heterocycles. The molecule has 0 spiro atoms. The predicted molar refractivity (Wildman–Crippen MR) is 116 cm³/mol. The van der Waals surface area contributed by atoms with Gasteiger partial charge in [0.25, 0.3) is 5.56 Å². The van der Waals surface area contributed by atoms with Crippen LogP contribution in [0, 0.1) is 0 Å². The number of furan rings is 1. The Hall–Kier alpha value is -2.29. The Labute approximate surface area is 183 Å². The predicted octanol–water partition coefficient (Wildman–Crippen LogP) is 3.57. The van der Waals surface area contributed by atoms with E-state index in [1.165, 1.54) is 11.8 Å². The molecule has 9 heteroatoms. The van der Waals surface area contributed by atoms with E-state index in [0.717, 1.165) is 12.8 Å². The van der Waals surface area contributed by atoms with Crippen molar-refractivity contribution in [2.45, 2.75) is 37.2 Å². The Kier molecular flexibility index (Phi) is 6.46. The summed E-state index contributed by atoms with van der Waals surface area (Å²) in [5.74, 6) is 0.784. The van der Waals surface area contributed by atoms with Crippen molar-refractivity contribution in [1.82, 2.24) is 14.5 Å². The zero-order chi connectivity index (χ0) is 21.1. The van der Waals surface area contributed by atoms with E-state index in [-0.39, 0.29) is 23.3 Å². The highest BCUT2D eigenvalue weighted by atomic mass is 35.5. The molecule has 0 N–H and O–H groups in total. The van der Waals surface area contributed by atoms with Crippen LogP contribution < -0.4 is 5.56 Å². The van der Waals surface area contributed by atoms with Gasteiger partial charge in [-0.2, -0.15) is 0 Å². The van der Waals surface area contributed by atoms with Crippen LogP contribution in [0.5, 0.6) is 0 Å². The normalized spacial score (nSPS) is 16.3. The summed E-state index contributed by atoms with van der Waals surface area (Å²) >= 11 is 7.34. The molecule has 7 nitrogen and oxygen atoms in total. The minimum atomic E-state index is -0.147. The third kappa shape index (κ3) is 4.71. The molecule has 1 aromatic carbocycles. The third-order valence-corrected chi connectivity index (χ3v) is 6.21. The molecule has 1 aliphatic rings. The van der Waals surface area contributed by atoms with Crippen LogP contribution in [0.2, 0.25) is 5.02 Å². The van der Waals surface area contributed by atoms with Crippen LogP contribution in [0.25, 0.3) is 10.9 Å². The van der Waals surface area contributed by atoms with Crippen LogP contribution in [0.3, 0.4) is 0 Å². The van der Waals surface area contributed by atoms with Crippen molar-refractivity contribution < 1.29 is 13.9 Å². The van der Waals surface area contributed by atoms with Crippen molar-refractivity contribution in [3.63, 3.8) is 0 Å². The lowest BCUT2D eigenvalue weighted by Gasteiger charge is -2.18. The largest absolute Gasteiger partial charge is 0.467 e. The van der Waals surface area contributed by atoms with Gasteiger partial charge in [0.05, 0.1) is 42.1 Å². The SMILES string of the molecule is CN(Cc1ccco1)C(=O)CSc1nc2cc(Cl)ccc2c(=O)n1CC1CCCO1. The number of carbonyl (C=O) groups excluding carboxylic acids is 1. The van der Waals surface area contributed by atoms with E-state index >= 15 is 0 Å². The number of thioether (sulfide) groups is 1. The number of nitrogens with zero attached hydrogens (tertiary/aromatic N) is 3. The number of amides is 1. The zero-order valence-corrected chi connectivity index (χ0v) is 18.1. The Morgan fingerprint density at radius 1 is 1.40 bits per heavy atom. The highest BCUT2D eigenvalue weighted by molar-refractivity contribution is 7.99. The molecule has 4 rings (SSSR count). The Morgan fingerprint density at radius 3 is 3.00 bits per heavy atom. The number of ether oxygens (including phenoxy) is 1. The number of carbonyl (C=O) groups is 1. The van der Waals surface area contributed by atoms with E-state index in [4.69, 9.17) is 20.8 Å². The number of hydrogen-bond acceptors (Lipinski definition) is 6. The number of rotatable bonds is 7. The Balaban J connectivity index is 1.57. The molecule has 1 unspecified atom stereocenters. The van der Waals surface area contributed by atoms with Crippen molar-refractivity contribution in [3.05, 3.63) is 57.7 Å². The standard InChI is InChI=1S/C21H22ClN3O4S/c1-24(11-15-4-2-8-28-15)19(26)13-30-21-23-18-10-14(22)6-7-17(18)20(27)25(21)12-16-5-3-9-29-16/h2,4,6-8,10,16H,3,5,9,11-13H2,1H3. The maximum absolute atomic E-state index is 13.1. The van der Waals surface area contributed by atoms with Crippen LogP contribution in [0.4, 0.5) is 0 Å². The van der Waals surface area contributed by atoms with Crippen molar-refractivity contribution in [2.24, 2.45) is 0 Å². The fraction of sp³-hybridized carbons (Fsp3) is 0.381. The third-order valence-electron chi connectivity index (χ3n) is 5.02. The second-order valence-corrected chi connectivity index (χ2v) is 8.60. The van der Waals surface area contributed by atoms with Crippen LogP contribution >= 0.6 is 23.4 Å². The molecule has 1 atom stereocenters. The first-order valence-corrected chi connectivity index (χ1v) is 11.1. The van der Waals surface area contributed by atoms with Gasteiger partial charge in [-0.1, -0.05) is 23.4 Å². The topological polar surface area (TPSA) is 77.6 Å². The molecule has 0 bridgehead atoms. The molecule has 1 aliphatic heterocycles. The van der Waals surface area contributed by atoms with E-state index in [9.17, 15) is 9.59 Å². The Bertz CT molecular complexity index is 1090. The molecule has 1 saturated heterocycles. The molecule has 0 aliphatic carbocycles. The fourth-order valence-corrected chi connectivity index (χ4v) is 4.51. The van der Waals surface area contributed by atoms with Gasteiger partial charge in [-0.15, -0.1) is 0 Å². The molecule has 0 saturated carbocycles. The highest BCUT2D eigenvalue weighted by Crippen LogP contribution is 2.23. The summed E-state index contributed by atoms with van der Waals surface area (Å²) < 4.78 is 12.6. The van der Waals surface area contributed by atoms with Gasteiger partial charge in [0.1, 0.15) is 5.76 Å². The average molecular weight is 448 g/mol. The minimum absolute atomic E-state index is 0.0223. The van der Waals surface area contributed by atoms with Gasteiger partial charge in [0.15, 0.2) is 5.16 Å². The van der Waals surface area contributed by atoms with Gasteiger partial charge in [0, 0.05) is 18.7 Å². The highest BCUT2D eigenvalue weighted by Gasteiger charge is 2.21. The summed E-state index contributed by atoms with van der Waals surface area (Å²) in [5, 5.41) is 1.50. The molecule has 1 fully saturated rings. The number of fused-ring (bicyclic) bond motifs is 1. The van der Waals surface area contributed by atoms with E-state index in [0.29, 0.717) is 46.5 Å². The maximum atomic E-state index is 13.1. The number of benzene rings is 1. The minimum Gasteiger partial charge on any atom is -0.467 e. The van der Waals surface area contributed by atoms with Crippen molar-refractivity contribution in [1.29, 1.82) is 0 Å². The van der Waals surface area contributed by atoms with Gasteiger partial charge in [-0.05, 0) is 43.2 Å². The van der Waals surface area contributed by atoms with E-state index in [2.05, 4.69) is 4.98 Å². The van der Waals surface area contributed by atoms with Gasteiger partial charge < -0.3 is 14.1 Å². The van der Waals surface area contributed by atoms with Crippen molar-refractivity contribution in [2.75, 3.05) is 19.4 Å². The maximum Gasteiger partial charge on any atom is 0.262 e. The summed E-state index contributed by atoms with van der Waals surface area (Å²) in [5.41, 5.74) is 0.376. The smallest absolute Gasteiger partial charge is 0.262 e. The van der Waals surface area contributed by atoms with Crippen molar-refractivity contribution >= 4 is 40.2 Å². The molecule has 158 valence electrons. The van der Waals surface area contributed by atoms with Crippen LogP contribution in [-0.4, -0.2) is 45.9 Å². The van der Waals surface area contributed by atoms with Gasteiger partial charge in [-0.25, -0.2) is 4.98 Å². The Morgan fingerprint density at radius 2 is 2.27 bits per heavy atom. The first kappa shape index (κ1) is 21.0. The average Bonchev–Trinajstić information content (AvgIpc) is 3.42. The lowest BCUT2D eigenvalue weighted by molar-refractivity contribution is -0.127. The summed E-state index contributed by atoms with van der Waals surface area (Å²) in [6.45, 7) is 1.51. The van der Waals surface area contributed by atoms with Gasteiger partial charge in [0.2, 0.25) is 5.91 Å². The summed E-state index contributed by atoms with van der Waals surface area (Å²) in [7, 11) is 1.72. The second-order valence-electron chi connectivity index (χ2n) is 7.22. The van der Waals surface area contributed by atoms with E-state index < -0.39 is 0 Å². The van der Waals surface area contributed by atoms with Gasteiger partial charge >= 0.3 is 0 Å². The summed E-state index contributed by atoms with van der Waals surface area (Å²) in [6, 6.07) is 8.66. The first-order valence-electron chi connectivity index (χ1n) is 9.72. The van der Waals surface area contributed by atoms with E-state index in [1.807, 2.05) is 6.07 Å². The monoisotopic (exact) mass is 447 g/mol. The van der Waals surface area contributed by atoms with Crippen LogP contribution in [-0.2, 0) is 22.6 Å². The lowest BCUT2D eigenvalue weighted by Crippen LogP contribution is -2.30. The molecule has 3 aromatic rings. The molecule has 30 heavy (non-hydrogen) atoms. The van der Waals surface area contributed by atoms with Gasteiger partial charge in [-0.3, -0.25) is 14.2 Å². The molecule has 1 amide bonds. The first-order chi connectivity index (χ1) is 14.5. The zero-order valence-electron chi connectivity index (χ0n) is 16.5. The molecular formula is C21H22ClN3O4S. The van der Waals surface area contributed by atoms with Crippen LogP contribution in [0.15, 0.2) is 51.0 Å². The number of aromatic nitrogens is 2. The molecule has 0 radical (unpaired) electrons. The number of hydrogen-bond donors (Lipinski definition) is 0. The summed E-state index contributed by atoms with van der Waals surface area (Å²) in [6.07, 6.45) is 3.44. The number of halogens is 1. The summed E-state index contributed by atoms with van der Waals surface area (Å²) in [4.78, 5) is 32.0. The fourth-order valence-electron chi connectivity index (χ4n) is 3.40. The van der Waals surface area contributed by atoms with E-state index in [1.54, 1.807) is 47.0 Å². The lowest BCUT2D eigenvalue weighted by atomic mass is 10.2. The molecular weight excluding hydrogens is 426 g/mol. The van der Waals surface area contributed by atoms with Crippen molar-refractivity contribution in [3.8, 4) is 0 Å². The van der Waals surface area contributed by atoms with Crippen LogP contribution in [0.1, 0.15) is 18.6 Å². The quantitative estimate of drug-likeness (QED) is 0.407.